The van der Waals surface area contributed by atoms with Crippen LogP contribution in [0.2, 0.25) is 0 Å². The van der Waals surface area contributed by atoms with Crippen LogP contribution < -0.4 is 10.1 Å². The number of aromatic nitrogens is 2. The van der Waals surface area contributed by atoms with Gasteiger partial charge in [-0.15, -0.1) is 0 Å². The van der Waals surface area contributed by atoms with Crippen molar-refractivity contribution in [2.24, 2.45) is 0 Å². The lowest BCUT2D eigenvalue weighted by Gasteiger charge is -2.20. The van der Waals surface area contributed by atoms with Crippen LogP contribution in [-0.2, 0) is 11.3 Å². The molecule has 0 bridgehead atoms. The maximum Gasteiger partial charge on any atom is 0.240 e. The third-order valence-corrected chi connectivity index (χ3v) is 4.12. The molecule has 0 aliphatic carbocycles. The number of carbonyl (C=O) groups is 1. The highest BCUT2D eigenvalue weighted by Gasteiger charge is 2.17. The number of nitrogens with one attached hydrogen (secondary N) is 1. The second-order valence-corrected chi connectivity index (χ2v) is 5.79. The van der Waals surface area contributed by atoms with Crippen LogP contribution in [0, 0.1) is 6.92 Å². The van der Waals surface area contributed by atoms with Crippen molar-refractivity contribution in [2.75, 3.05) is 7.11 Å². The predicted octanol–water partition coefficient (Wildman–Crippen LogP) is 3.11. The number of benzene rings is 2. The zero-order valence-electron chi connectivity index (χ0n) is 14.3. The molecule has 1 atom stereocenters. The van der Waals surface area contributed by atoms with Crippen molar-refractivity contribution in [3.05, 3.63) is 83.9 Å². The monoisotopic (exact) mass is 335 g/mol. The first kappa shape index (κ1) is 16.8. The average Bonchev–Trinajstić information content (AvgIpc) is 3.05. The lowest BCUT2D eigenvalue weighted by Crippen LogP contribution is -2.32. The van der Waals surface area contributed by atoms with E-state index in [0.717, 1.165) is 22.7 Å². The van der Waals surface area contributed by atoms with Gasteiger partial charge in [0.2, 0.25) is 5.91 Å². The van der Waals surface area contributed by atoms with Crippen LogP contribution in [0.1, 0.15) is 23.0 Å². The van der Waals surface area contributed by atoms with Gasteiger partial charge < -0.3 is 14.6 Å². The fourth-order valence-corrected chi connectivity index (χ4v) is 2.73. The zero-order valence-corrected chi connectivity index (χ0v) is 14.3. The molecule has 1 aromatic heterocycles. The van der Waals surface area contributed by atoms with Crippen molar-refractivity contribution < 1.29 is 9.53 Å². The standard InChI is InChI=1S/C20H21N3O2/c1-15-21-12-13-23(15)14-19(24)22-20(16-6-4-3-5-7-16)17-8-10-18(25-2)11-9-17/h3-13,20H,14H2,1-2H3,(H,22,24). The molecule has 3 rings (SSSR count). The Kier molecular flexibility index (Phi) is 5.14. The summed E-state index contributed by atoms with van der Waals surface area (Å²) in [6.07, 6.45) is 3.50. The summed E-state index contributed by atoms with van der Waals surface area (Å²) < 4.78 is 7.05. The lowest BCUT2D eigenvalue weighted by atomic mass is 9.98. The van der Waals surface area contributed by atoms with Gasteiger partial charge in [0.15, 0.2) is 0 Å². The summed E-state index contributed by atoms with van der Waals surface area (Å²) in [6, 6.07) is 17.5. The van der Waals surface area contributed by atoms with Gasteiger partial charge in [-0.2, -0.15) is 0 Å². The molecular formula is C20H21N3O2. The minimum absolute atomic E-state index is 0.0641. The molecule has 0 fully saturated rings. The number of nitrogens with zero attached hydrogens (tertiary/aromatic N) is 2. The summed E-state index contributed by atoms with van der Waals surface area (Å²) in [5.74, 6) is 1.54. The molecule has 2 aromatic carbocycles. The summed E-state index contributed by atoms with van der Waals surface area (Å²) in [5, 5.41) is 3.12. The first-order valence-corrected chi connectivity index (χ1v) is 8.13. The molecule has 25 heavy (non-hydrogen) atoms. The number of methoxy groups -OCH3 is 1. The van der Waals surface area contributed by atoms with Gasteiger partial charge in [0.05, 0.1) is 13.2 Å². The Morgan fingerprint density at radius 2 is 1.80 bits per heavy atom. The van der Waals surface area contributed by atoms with Crippen LogP contribution in [-0.4, -0.2) is 22.6 Å². The number of imidazole rings is 1. The zero-order chi connectivity index (χ0) is 17.6. The highest BCUT2D eigenvalue weighted by molar-refractivity contribution is 5.77. The van der Waals surface area contributed by atoms with E-state index in [4.69, 9.17) is 4.74 Å². The topological polar surface area (TPSA) is 56.1 Å². The van der Waals surface area contributed by atoms with E-state index in [1.165, 1.54) is 0 Å². The second-order valence-electron chi connectivity index (χ2n) is 5.79. The number of hydrogen-bond acceptors (Lipinski definition) is 3. The number of amides is 1. The Morgan fingerprint density at radius 3 is 2.40 bits per heavy atom. The molecule has 1 N–H and O–H groups in total. The molecule has 1 amide bonds. The van der Waals surface area contributed by atoms with E-state index >= 15 is 0 Å². The van der Waals surface area contributed by atoms with Gasteiger partial charge in [0.1, 0.15) is 18.1 Å². The molecule has 0 aliphatic heterocycles. The van der Waals surface area contributed by atoms with E-state index in [0.29, 0.717) is 0 Å². The fraction of sp³-hybridized carbons (Fsp3) is 0.200. The Labute approximate surface area is 147 Å². The average molecular weight is 335 g/mol. The first-order valence-electron chi connectivity index (χ1n) is 8.13. The Morgan fingerprint density at radius 1 is 1.12 bits per heavy atom. The van der Waals surface area contributed by atoms with E-state index in [-0.39, 0.29) is 18.5 Å². The van der Waals surface area contributed by atoms with E-state index in [2.05, 4.69) is 10.3 Å². The van der Waals surface area contributed by atoms with Gasteiger partial charge in [-0.1, -0.05) is 42.5 Å². The molecule has 1 unspecified atom stereocenters. The third-order valence-electron chi connectivity index (χ3n) is 4.12. The Hall–Kier alpha value is -3.08. The Bertz CT molecular complexity index is 826. The predicted molar refractivity (Wildman–Crippen MR) is 96.4 cm³/mol. The van der Waals surface area contributed by atoms with Crippen LogP contribution >= 0.6 is 0 Å². The van der Waals surface area contributed by atoms with Crippen LogP contribution in [0.5, 0.6) is 5.75 Å². The minimum Gasteiger partial charge on any atom is -0.497 e. The van der Waals surface area contributed by atoms with Gasteiger partial charge >= 0.3 is 0 Å². The van der Waals surface area contributed by atoms with Gasteiger partial charge in [-0.25, -0.2) is 4.98 Å². The second kappa shape index (κ2) is 7.66. The van der Waals surface area contributed by atoms with E-state index in [1.54, 1.807) is 19.5 Å². The molecular weight excluding hydrogens is 314 g/mol. The number of carbonyl (C=O) groups excluding carboxylic acids is 1. The molecule has 0 saturated heterocycles. The number of rotatable bonds is 6. The van der Waals surface area contributed by atoms with Crippen molar-refractivity contribution in [1.29, 1.82) is 0 Å². The molecule has 0 spiro atoms. The molecule has 3 aromatic rings. The number of hydrogen-bond donors (Lipinski definition) is 1. The van der Waals surface area contributed by atoms with Crippen LogP contribution in [0.3, 0.4) is 0 Å². The highest BCUT2D eigenvalue weighted by atomic mass is 16.5. The molecule has 1 heterocycles. The lowest BCUT2D eigenvalue weighted by molar-refractivity contribution is -0.122. The highest BCUT2D eigenvalue weighted by Crippen LogP contribution is 2.24. The van der Waals surface area contributed by atoms with Crippen LogP contribution in [0.15, 0.2) is 67.0 Å². The largest absolute Gasteiger partial charge is 0.497 e. The van der Waals surface area contributed by atoms with Crippen molar-refractivity contribution in [1.82, 2.24) is 14.9 Å². The fourth-order valence-electron chi connectivity index (χ4n) is 2.73. The van der Waals surface area contributed by atoms with Gasteiger partial charge in [-0.3, -0.25) is 4.79 Å². The maximum absolute atomic E-state index is 12.6. The SMILES string of the molecule is COc1ccc(C(NC(=O)Cn2ccnc2C)c2ccccc2)cc1. The van der Waals surface area contributed by atoms with Gasteiger partial charge in [0, 0.05) is 12.4 Å². The van der Waals surface area contributed by atoms with Crippen molar-refractivity contribution in [2.45, 2.75) is 19.5 Å². The summed E-state index contributed by atoms with van der Waals surface area (Å²) >= 11 is 0. The molecule has 0 radical (unpaired) electrons. The van der Waals surface area contributed by atoms with Gasteiger partial charge in [-0.05, 0) is 30.2 Å². The van der Waals surface area contributed by atoms with Crippen LogP contribution in [0.4, 0.5) is 0 Å². The minimum atomic E-state index is -0.219. The van der Waals surface area contributed by atoms with E-state index < -0.39 is 0 Å². The molecule has 5 nitrogen and oxygen atoms in total. The van der Waals surface area contributed by atoms with Crippen molar-refractivity contribution in [3.63, 3.8) is 0 Å². The maximum atomic E-state index is 12.6. The summed E-state index contributed by atoms with van der Waals surface area (Å²) in [6.45, 7) is 2.12. The van der Waals surface area contributed by atoms with E-state index in [1.807, 2.05) is 66.1 Å². The molecule has 128 valence electrons. The van der Waals surface area contributed by atoms with E-state index in [9.17, 15) is 4.79 Å². The summed E-state index contributed by atoms with van der Waals surface area (Å²) in [4.78, 5) is 16.7. The van der Waals surface area contributed by atoms with Gasteiger partial charge in [0.25, 0.3) is 0 Å². The summed E-state index contributed by atoms with van der Waals surface area (Å²) in [7, 11) is 1.64. The van der Waals surface area contributed by atoms with Crippen molar-refractivity contribution >= 4 is 5.91 Å². The molecule has 0 saturated carbocycles. The third kappa shape index (κ3) is 4.07. The quantitative estimate of drug-likeness (QED) is 0.753. The van der Waals surface area contributed by atoms with Crippen molar-refractivity contribution in [3.8, 4) is 5.75 Å². The summed E-state index contributed by atoms with van der Waals surface area (Å²) in [5.41, 5.74) is 2.03. The normalized spacial score (nSPS) is 11.8. The number of aryl methyl sites for hydroxylation is 1. The van der Waals surface area contributed by atoms with Crippen LogP contribution in [0.25, 0.3) is 0 Å². The number of ether oxygens (including phenoxy) is 1. The smallest absolute Gasteiger partial charge is 0.240 e. The Balaban J connectivity index is 1.83. The molecule has 5 heteroatoms. The first-order chi connectivity index (χ1) is 12.2. The molecule has 0 aliphatic rings.